The summed E-state index contributed by atoms with van der Waals surface area (Å²) in [6.07, 6.45) is 1.02. The number of rotatable bonds is 4. The molecule has 0 aliphatic rings. The monoisotopic (exact) mass is 174 g/mol. The normalized spacial score (nSPS) is 11.8. The van der Waals surface area contributed by atoms with Crippen LogP contribution in [0.5, 0.6) is 0 Å². The van der Waals surface area contributed by atoms with Crippen LogP contribution in [0, 0.1) is 0 Å². The van der Waals surface area contributed by atoms with Gasteiger partial charge in [0.25, 0.3) is 0 Å². The predicted molar refractivity (Wildman–Crippen MR) is 43.8 cm³/mol. The van der Waals surface area contributed by atoms with Crippen molar-refractivity contribution in [3.8, 4) is 0 Å². The summed E-state index contributed by atoms with van der Waals surface area (Å²) in [5, 5.41) is 16.8. The average Bonchev–Trinajstić information content (AvgIpc) is 1.82. The van der Waals surface area contributed by atoms with Crippen molar-refractivity contribution >= 4 is 47.3 Å². The topological polar surface area (TPSA) is 57.5 Å². The number of aliphatic hydroxyl groups is 1. The van der Waals surface area contributed by atoms with Gasteiger partial charge in [-0.3, -0.25) is 0 Å². The van der Waals surface area contributed by atoms with E-state index in [4.69, 9.17) is 10.2 Å². The summed E-state index contributed by atoms with van der Waals surface area (Å²) in [6.45, 7) is 0. The standard InChI is InChI=1S/C5H10O3S.Na.H/c1-9-3-2-4(6)5(7)8;;/h4,6H,2-3H2,1H3,(H,7,8);;. The Balaban J connectivity index is 0. The Hall–Kier alpha value is 0.780. The number of carboxylic acid groups (broad SMARTS) is 1. The molecule has 1 atom stereocenters. The molecule has 0 radical (unpaired) electrons. The molecular formula is C5H11NaO3S. The van der Waals surface area contributed by atoms with Crippen LogP contribution in [0.1, 0.15) is 6.42 Å². The number of aliphatic carboxylic acids is 1. The SMILES string of the molecule is CSCCC(O)C(=O)O.[NaH]. The van der Waals surface area contributed by atoms with Gasteiger partial charge < -0.3 is 10.2 Å². The van der Waals surface area contributed by atoms with Crippen molar-refractivity contribution in [3.05, 3.63) is 0 Å². The Bertz CT molecular complexity index is 98.9. The Kier molecular flexibility index (Phi) is 10.5. The summed E-state index contributed by atoms with van der Waals surface area (Å²) in [7, 11) is 0. The molecule has 0 aliphatic heterocycles. The molecule has 0 saturated heterocycles. The molecule has 0 amide bonds. The van der Waals surface area contributed by atoms with Gasteiger partial charge in [-0.15, -0.1) is 0 Å². The number of aliphatic hydroxyl groups excluding tert-OH is 1. The number of carboxylic acids is 1. The summed E-state index contributed by atoms with van der Waals surface area (Å²) in [5.41, 5.74) is 0. The van der Waals surface area contributed by atoms with Crippen molar-refractivity contribution in [1.82, 2.24) is 0 Å². The second kappa shape index (κ2) is 7.88. The second-order valence-electron chi connectivity index (χ2n) is 1.64. The molecule has 2 N–H and O–H groups in total. The molecule has 0 aromatic carbocycles. The molecule has 0 spiro atoms. The van der Waals surface area contributed by atoms with Gasteiger partial charge in [0.1, 0.15) is 0 Å². The van der Waals surface area contributed by atoms with Crippen LogP contribution < -0.4 is 0 Å². The molecule has 0 rings (SSSR count). The molecule has 0 aromatic rings. The molecule has 0 aliphatic carbocycles. The van der Waals surface area contributed by atoms with Crippen molar-refractivity contribution in [2.75, 3.05) is 12.0 Å². The van der Waals surface area contributed by atoms with Crippen LogP contribution in [0.25, 0.3) is 0 Å². The van der Waals surface area contributed by atoms with E-state index in [1.165, 1.54) is 11.8 Å². The van der Waals surface area contributed by atoms with E-state index in [0.29, 0.717) is 12.2 Å². The molecule has 0 aromatic heterocycles. The second-order valence-corrected chi connectivity index (χ2v) is 2.62. The summed E-state index contributed by atoms with van der Waals surface area (Å²) in [6, 6.07) is 0. The molecule has 0 heterocycles. The Morgan fingerprint density at radius 1 is 1.70 bits per heavy atom. The molecule has 10 heavy (non-hydrogen) atoms. The molecule has 5 heteroatoms. The van der Waals surface area contributed by atoms with E-state index in [0.717, 1.165) is 0 Å². The maximum atomic E-state index is 9.95. The van der Waals surface area contributed by atoms with E-state index < -0.39 is 12.1 Å². The zero-order valence-corrected chi connectivity index (χ0v) is 6.02. The van der Waals surface area contributed by atoms with E-state index >= 15 is 0 Å². The van der Waals surface area contributed by atoms with E-state index in [1.54, 1.807) is 0 Å². The third-order valence-electron chi connectivity index (χ3n) is 0.880. The minimum atomic E-state index is -1.18. The molecular weight excluding hydrogens is 163 g/mol. The van der Waals surface area contributed by atoms with E-state index in [9.17, 15) is 4.79 Å². The van der Waals surface area contributed by atoms with Gasteiger partial charge in [-0.25, -0.2) is 4.79 Å². The van der Waals surface area contributed by atoms with Crippen molar-refractivity contribution in [3.63, 3.8) is 0 Å². The van der Waals surface area contributed by atoms with Crippen molar-refractivity contribution in [2.24, 2.45) is 0 Å². The van der Waals surface area contributed by atoms with Crippen LogP contribution in [-0.2, 0) is 4.79 Å². The quantitative estimate of drug-likeness (QED) is 0.566. The first-order valence-corrected chi connectivity index (χ1v) is 3.97. The fourth-order valence-electron chi connectivity index (χ4n) is 0.353. The third-order valence-corrected chi connectivity index (χ3v) is 1.52. The average molecular weight is 174 g/mol. The molecule has 3 nitrogen and oxygen atoms in total. The summed E-state index contributed by atoms with van der Waals surface area (Å²) < 4.78 is 0. The van der Waals surface area contributed by atoms with Crippen molar-refractivity contribution < 1.29 is 15.0 Å². The third kappa shape index (κ3) is 6.89. The van der Waals surface area contributed by atoms with E-state index in [2.05, 4.69) is 0 Å². The van der Waals surface area contributed by atoms with Gasteiger partial charge in [0.05, 0.1) is 0 Å². The number of thioether (sulfide) groups is 1. The molecule has 1 unspecified atom stereocenters. The predicted octanol–water partition coefficient (Wildman–Crippen LogP) is -0.464. The fourth-order valence-corrected chi connectivity index (χ4v) is 0.812. The number of hydrogen-bond acceptors (Lipinski definition) is 3. The number of hydrogen-bond donors (Lipinski definition) is 2. The molecule has 0 saturated carbocycles. The van der Waals surface area contributed by atoms with Crippen LogP contribution in [-0.4, -0.2) is 63.9 Å². The first kappa shape index (κ1) is 13.4. The Labute approximate surface area is 86.5 Å². The summed E-state index contributed by atoms with van der Waals surface area (Å²) in [4.78, 5) is 9.95. The van der Waals surface area contributed by atoms with Gasteiger partial charge in [0.15, 0.2) is 6.10 Å². The zero-order chi connectivity index (χ0) is 7.28. The zero-order valence-electron chi connectivity index (χ0n) is 5.20. The van der Waals surface area contributed by atoms with Gasteiger partial charge >= 0.3 is 35.5 Å². The van der Waals surface area contributed by atoms with Crippen molar-refractivity contribution in [2.45, 2.75) is 12.5 Å². The minimum absolute atomic E-state index is 0. The van der Waals surface area contributed by atoms with Crippen LogP contribution in [0.15, 0.2) is 0 Å². The van der Waals surface area contributed by atoms with E-state index in [1.807, 2.05) is 6.26 Å². The molecule has 0 bridgehead atoms. The van der Waals surface area contributed by atoms with Gasteiger partial charge in [-0.05, 0) is 18.4 Å². The van der Waals surface area contributed by atoms with Crippen LogP contribution in [0.3, 0.4) is 0 Å². The fraction of sp³-hybridized carbons (Fsp3) is 0.800. The first-order chi connectivity index (χ1) is 4.18. The Morgan fingerprint density at radius 2 is 2.20 bits per heavy atom. The van der Waals surface area contributed by atoms with Crippen LogP contribution in [0.2, 0.25) is 0 Å². The molecule has 56 valence electrons. The maximum absolute atomic E-state index is 9.95. The Morgan fingerprint density at radius 3 is 2.50 bits per heavy atom. The van der Waals surface area contributed by atoms with Gasteiger partial charge in [-0.1, -0.05) is 0 Å². The van der Waals surface area contributed by atoms with Gasteiger partial charge in [-0.2, -0.15) is 11.8 Å². The number of carbonyl (C=O) groups is 1. The summed E-state index contributed by atoms with van der Waals surface area (Å²) >= 11 is 1.52. The van der Waals surface area contributed by atoms with Gasteiger partial charge in [0, 0.05) is 0 Å². The van der Waals surface area contributed by atoms with Crippen molar-refractivity contribution in [1.29, 1.82) is 0 Å². The van der Waals surface area contributed by atoms with Gasteiger partial charge in [0.2, 0.25) is 0 Å². The summed E-state index contributed by atoms with van der Waals surface area (Å²) in [5.74, 6) is -0.447. The first-order valence-electron chi connectivity index (χ1n) is 2.58. The van der Waals surface area contributed by atoms with E-state index in [-0.39, 0.29) is 29.6 Å². The van der Waals surface area contributed by atoms with Crippen LogP contribution in [0.4, 0.5) is 0 Å². The molecule has 0 fully saturated rings. The van der Waals surface area contributed by atoms with Crippen LogP contribution >= 0.6 is 11.8 Å².